The molecule has 3 rings (SSSR count). The summed E-state index contributed by atoms with van der Waals surface area (Å²) in [5, 5.41) is 2.99. The van der Waals surface area contributed by atoms with Crippen LogP contribution in [-0.4, -0.2) is 49.9 Å². The first-order valence-electron chi connectivity index (χ1n) is 9.92. The summed E-state index contributed by atoms with van der Waals surface area (Å²) >= 11 is 0. The fourth-order valence-electron chi connectivity index (χ4n) is 3.09. The largest absolute Gasteiger partial charge is 0.352 e. The van der Waals surface area contributed by atoms with E-state index in [2.05, 4.69) is 25.3 Å². The number of benzene rings is 1. The Bertz CT molecular complexity index is 1010. The maximum atomic E-state index is 13.3. The van der Waals surface area contributed by atoms with Gasteiger partial charge in [0.25, 0.3) is 11.8 Å². The van der Waals surface area contributed by atoms with Crippen LogP contribution in [0.5, 0.6) is 0 Å². The Morgan fingerprint density at radius 3 is 2.35 bits per heavy atom. The molecule has 0 aliphatic heterocycles. The maximum Gasteiger partial charge on any atom is 0.275 e. The zero-order chi connectivity index (χ0) is 22.4. The number of halogens is 2. The second-order valence-corrected chi connectivity index (χ2v) is 7.12. The van der Waals surface area contributed by atoms with Gasteiger partial charge in [0.05, 0.1) is 5.56 Å². The van der Waals surface area contributed by atoms with Crippen molar-refractivity contribution in [2.45, 2.75) is 32.7 Å². The molecule has 1 N–H and O–H groups in total. The van der Waals surface area contributed by atoms with Gasteiger partial charge in [-0.2, -0.15) is 0 Å². The fourth-order valence-corrected chi connectivity index (χ4v) is 3.09. The number of nitrogens with zero attached hydrogens (tertiary/aromatic N) is 5. The number of carbonyl (C=O) groups excluding carboxylic acids is 1. The quantitative estimate of drug-likeness (QED) is 0.586. The molecule has 0 saturated heterocycles. The summed E-state index contributed by atoms with van der Waals surface area (Å²) in [6, 6.07) is 9.17. The highest BCUT2D eigenvalue weighted by molar-refractivity contribution is 5.98. The maximum absolute atomic E-state index is 13.3. The number of amides is 1. The molecule has 2 aromatic heterocycles. The number of likely N-dealkylation sites (N-methyl/N-ethyl adjacent to an activating group) is 1. The van der Waals surface area contributed by atoms with E-state index in [0.29, 0.717) is 18.8 Å². The highest BCUT2D eigenvalue weighted by Crippen LogP contribution is 2.25. The van der Waals surface area contributed by atoms with Gasteiger partial charge in [0, 0.05) is 56.4 Å². The van der Waals surface area contributed by atoms with Gasteiger partial charge >= 0.3 is 0 Å². The minimum absolute atomic E-state index is 0.216. The smallest absolute Gasteiger partial charge is 0.275 e. The predicted molar refractivity (Wildman–Crippen MR) is 114 cm³/mol. The Balaban J connectivity index is 1.73. The summed E-state index contributed by atoms with van der Waals surface area (Å²) in [6.45, 7) is 5.33. The molecule has 2 heterocycles. The van der Waals surface area contributed by atoms with Crippen LogP contribution in [0.3, 0.4) is 0 Å². The summed E-state index contributed by atoms with van der Waals surface area (Å²) in [5.41, 5.74) is 1.34. The first kappa shape index (κ1) is 22.2. The lowest BCUT2D eigenvalue weighted by Crippen LogP contribution is -2.43. The normalized spacial score (nSPS) is 12.3. The summed E-state index contributed by atoms with van der Waals surface area (Å²) in [4.78, 5) is 31.4. The molecule has 0 aliphatic carbocycles. The van der Waals surface area contributed by atoms with Gasteiger partial charge in [0.1, 0.15) is 5.69 Å². The lowest BCUT2D eigenvalue weighted by atomic mass is 10.1. The number of aromatic nitrogens is 4. The number of anilines is 1. The van der Waals surface area contributed by atoms with E-state index in [9.17, 15) is 13.6 Å². The van der Waals surface area contributed by atoms with Crippen LogP contribution in [0.2, 0.25) is 0 Å². The molecule has 0 radical (unpaired) electrons. The van der Waals surface area contributed by atoms with Crippen molar-refractivity contribution in [3.63, 3.8) is 0 Å². The van der Waals surface area contributed by atoms with Gasteiger partial charge < -0.3 is 10.2 Å². The van der Waals surface area contributed by atoms with Crippen molar-refractivity contribution >= 4 is 11.9 Å². The molecule has 3 aromatic rings. The van der Waals surface area contributed by atoms with E-state index in [-0.39, 0.29) is 29.2 Å². The third-order valence-electron chi connectivity index (χ3n) is 4.80. The van der Waals surface area contributed by atoms with Crippen LogP contribution in [0.1, 0.15) is 36.8 Å². The molecule has 0 bridgehead atoms. The van der Waals surface area contributed by atoms with Gasteiger partial charge in [-0.1, -0.05) is 30.3 Å². The summed E-state index contributed by atoms with van der Waals surface area (Å²) in [7, 11) is 0. The van der Waals surface area contributed by atoms with Crippen molar-refractivity contribution in [2.24, 2.45) is 0 Å². The van der Waals surface area contributed by atoms with Gasteiger partial charge in [-0.25, -0.2) is 23.7 Å². The Kier molecular flexibility index (Phi) is 6.84. The second-order valence-electron chi connectivity index (χ2n) is 7.12. The molecule has 0 fully saturated rings. The van der Waals surface area contributed by atoms with Crippen molar-refractivity contribution < 1.29 is 13.6 Å². The summed E-state index contributed by atoms with van der Waals surface area (Å²) in [6.07, 6.45) is 5.24. The topological polar surface area (TPSA) is 83.9 Å². The lowest BCUT2D eigenvalue weighted by molar-refractivity contribution is 0.0167. The Hall–Kier alpha value is -3.49. The molecular weight excluding hydrogens is 402 g/mol. The SMILES string of the molecule is CCN(C(=O)c1nccnc1-c1ccccc1)[C@@H](C)CNc1ncc(C(C)(F)F)cn1. The van der Waals surface area contributed by atoms with E-state index >= 15 is 0 Å². The van der Waals surface area contributed by atoms with E-state index in [1.54, 1.807) is 11.1 Å². The molecule has 1 aromatic carbocycles. The standard InChI is InChI=1S/C22H24F2N6O/c1-4-30(15(2)12-27-21-28-13-17(14-29-21)22(3,23)24)20(31)19-18(25-10-11-26-19)16-8-6-5-7-9-16/h5-11,13-15H,4,12H2,1-3H3,(H,27,28,29)/t15-/m0/s1. The number of nitrogens with one attached hydrogen (secondary N) is 1. The Morgan fingerprint density at radius 2 is 1.74 bits per heavy atom. The van der Waals surface area contributed by atoms with Gasteiger partial charge in [-0.15, -0.1) is 0 Å². The van der Waals surface area contributed by atoms with Crippen molar-refractivity contribution in [1.29, 1.82) is 0 Å². The third-order valence-corrected chi connectivity index (χ3v) is 4.80. The van der Waals surface area contributed by atoms with Gasteiger partial charge in [0.2, 0.25) is 5.95 Å². The monoisotopic (exact) mass is 426 g/mol. The number of alkyl halides is 2. The zero-order valence-corrected chi connectivity index (χ0v) is 17.6. The zero-order valence-electron chi connectivity index (χ0n) is 17.6. The molecular formula is C22H24F2N6O. The average molecular weight is 426 g/mol. The first-order valence-corrected chi connectivity index (χ1v) is 9.92. The summed E-state index contributed by atoms with van der Waals surface area (Å²) in [5.74, 6) is -3.02. The number of hydrogen-bond acceptors (Lipinski definition) is 6. The number of rotatable bonds is 8. The van der Waals surface area contributed by atoms with Gasteiger partial charge in [-0.3, -0.25) is 9.78 Å². The molecule has 7 nitrogen and oxygen atoms in total. The molecule has 9 heteroatoms. The van der Waals surface area contributed by atoms with E-state index < -0.39 is 5.92 Å². The molecule has 0 unspecified atom stereocenters. The van der Waals surface area contributed by atoms with Crippen molar-refractivity contribution in [3.05, 3.63) is 66.4 Å². The van der Waals surface area contributed by atoms with Crippen molar-refractivity contribution in [3.8, 4) is 11.3 Å². The molecule has 1 amide bonds. The highest BCUT2D eigenvalue weighted by Gasteiger charge is 2.26. The minimum Gasteiger partial charge on any atom is -0.352 e. The first-order chi connectivity index (χ1) is 14.8. The molecule has 0 spiro atoms. The van der Waals surface area contributed by atoms with Crippen LogP contribution >= 0.6 is 0 Å². The molecule has 1 atom stereocenters. The molecule has 0 saturated carbocycles. The van der Waals surface area contributed by atoms with Crippen molar-refractivity contribution in [1.82, 2.24) is 24.8 Å². The Labute approximate surface area is 179 Å². The molecule has 31 heavy (non-hydrogen) atoms. The summed E-state index contributed by atoms with van der Waals surface area (Å²) < 4.78 is 26.6. The molecule has 0 aliphatic rings. The van der Waals surface area contributed by atoms with Crippen LogP contribution < -0.4 is 5.32 Å². The van der Waals surface area contributed by atoms with Crippen LogP contribution in [0.4, 0.5) is 14.7 Å². The third kappa shape index (κ3) is 5.36. The lowest BCUT2D eigenvalue weighted by Gasteiger charge is -2.28. The highest BCUT2D eigenvalue weighted by atomic mass is 19.3. The van der Waals surface area contributed by atoms with Gasteiger partial charge in [-0.05, 0) is 13.8 Å². The Morgan fingerprint density at radius 1 is 1.10 bits per heavy atom. The van der Waals surface area contributed by atoms with E-state index in [1.165, 1.54) is 6.20 Å². The number of hydrogen-bond donors (Lipinski definition) is 1. The number of carbonyl (C=O) groups is 1. The average Bonchev–Trinajstić information content (AvgIpc) is 2.78. The van der Waals surface area contributed by atoms with Crippen LogP contribution in [0.25, 0.3) is 11.3 Å². The van der Waals surface area contributed by atoms with Crippen LogP contribution in [0.15, 0.2) is 55.1 Å². The van der Waals surface area contributed by atoms with E-state index in [0.717, 1.165) is 24.9 Å². The van der Waals surface area contributed by atoms with E-state index in [1.807, 2.05) is 44.2 Å². The fraction of sp³-hybridized carbons (Fsp3) is 0.318. The van der Waals surface area contributed by atoms with E-state index in [4.69, 9.17) is 0 Å². The van der Waals surface area contributed by atoms with Crippen molar-refractivity contribution in [2.75, 3.05) is 18.4 Å². The van der Waals surface area contributed by atoms with Gasteiger partial charge in [0.15, 0.2) is 5.69 Å². The predicted octanol–water partition coefficient (Wildman–Crippen LogP) is 4.01. The second kappa shape index (κ2) is 9.55. The van der Waals surface area contributed by atoms with Crippen LogP contribution in [0, 0.1) is 0 Å². The van der Waals surface area contributed by atoms with Crippen LogP contribution in [-0.2, 0) is 5.92 Å². The minimum atomic E-state index is -3.00. The molecule has 162 valence electrons.